The Hall–Kier alpha value is -3.60. The molecule has 1 aliphatic rings. The molecule has 1 aromatic carbocycles. The second-order valence-corrected chi connectivity index (χ2v) is 12.6. The third kappa shape index (κ3) is 9.20. The highest BCUT2D eigenvalue weighted by Gasteiger charge is 2.25. The molecule has 10 heteroatoms. The van der Waals surface area contributed by atoms with Crippen LogP contribution in [-0.2, 0) is 28.1 Å². The second-order valence-electron chi connectivity index (χ2n) is 11.6. The van der Waals surface area contributed by atoms with Gasteiger partial charge in [-0.05, 0) is 77.2 Å². The standard InChI is InChI=1S/C32H42N6O3S/c1-8-25-26(20-33)30(36-29(28(25)34-6)38-17-9-16-37(7)18-19-38)42-21-24-12-10-23(11-13-24)14-15-27(39)22(2)35-31(40)41-32(3,4)5/h10-13,22H,8-9,14-19,21H2,1-5,7H3,(H,35,40)/t22-/m0/s1. The van der Waals surface area contributed by atoms with Crippen molar-refractivity contribution in [2.24, 2.45) is 0 Å². The van der Waals surface area contributed by atoms with Gasteiger partial charge in [-0.1, -0.05) is 31.2 Å². The minimum Gasteiger partial charge on any atom is -0.444 e. The summed E-state index contributed by atoms with van der Waals surface area (Å²) in [6.07, 6.45) is 1.87. The van der Waals surface area contributed by atoms with Gasteiger partial charge in [0.25, 0.3) is 0 Å². The molecule has 1 amide bonds. The Balaban J connectivity index is 1.66. The van der Waals surface area contributed by atoms with Crippen LogP contribution in [0.2, 0.25) is 0 Å². The van der Waals surface area contributed by atoms with Gasteiger partial charge in [0.05, 0.1) is 18.2 Å². The number of rotatable bonds is 10. The van der Waals surface area contributed by atoms with Crippen LogP contribution >= 0.6 is 11.8 Å². The number of hydrogen-bond donors (Lipinski definition) is 1. The number of anilines is 1. The van der Waals surface area contributed by atoms with Gasteiger partial charge in [-0.15, -0.1) is 11.8 Å². The lowest BCUT2D eigenvalue weighted by Crippen LogP contribution is -2.41. The lowest BCUT2D eigenvalue weighted by molar-refractivity contribution is -0.120. The minimum absolute atomic E-state index is 0.0583. The van der Waals surface area contributed by atoms with Gasteiger partial charge in [-0.3, -0.25) is 4.79 Å². The number of alkyl carbamates (subject to hydrolysis) is 1. The summed E-state index contributed by atoms with van der Waals surface area (Å²) < 4.78 is 5.23. The molecule has 2 aromatic rings. The molecule has 1 saturated heterocycles. The van der Waals surface area contributed by atoms with E-state index in [1.165, 1.54) is 11.8 Å². The average Bonchev–Trinajstić information content (AvgIpc) is 3.17. The third-order valence-corrected chi connectivity index (χ3v) is 8.14. The van der Waals surface area contributed by atoms with E-state index in [-0.39, 0.29) is 5.78 Å². The maximum Gasteiger partial charge on any atom is 0.408 e. The number of aryl methyl sites for hydroxylation is 1. The number of amides is 1. The number of nitriles is 1. The number of nitrogens with one attached hydrogen (secondary N) is 1. The van der Waals surface area contributed by atoms with Gasteiger partial charge in [-0.25, -0.2) is 14.6 Å². The Labute approximate surface area is 254 Å². The summed E-state index contributed by atoms with van der Waals surface area (Å²) in [5.74, 6) is 1.26. The van der Waals surface area contributed by atoms with Crippen molar-refractivity contribution < 1.29 is 14.3 Å². The molecule has 2 heterocycles. The molecular formula is C32H42N6O3S. The van der Waals surface area contributed by atoms with Crippen LogP contribution < -0.4 is 10.2 Å². The fourth-order valence-corrected chi connectivity index (χ4v) is 5.71. The van der Waals surface area contributed by atoms with Gasteiger partial charge in [0.1, 0.15) is 22.5 Å². The van der Waals surface area contributed by atoms with E-state index in [4.69, 9.17) is 16.3 Å². The summed E-state index contributed by atoms with van der Waals surface area (Å²) in [6, 6.07) is 9.77. The maximum absolute atomic E-state index is 12.5. The molecule has 224 valence electrons. The first kappa shape index (κ1) is 32.9. The van der Waals surface area contributed by atoms with Gasteiger partial charge >= 0.3 is 6.09 Å². The number of pyridine rings is 1. The van der Waals surface area contributed by atoms with Crippen LogP contribution in [0.3, 0.4) is 0 Å². The van der Waals surface area contributed by atoms with E-state index < -0.39 is 17.7 Å². The molecule has 42 heavy (non-hydrogen) atoms. The molecular weight excluding hydrogens is 548 g/mol. The first-order valence-corrected chi connectivity index (χ1v) is 15.4. The summed E-state index contributed by atoms with van der Waals surface area (Å²) in [7, 11) is 2.11. The van der Waals surface area contributed by atoms with Gasteiger partial charge < -0.3 is 19.9 Å². The lowest BCUT2D eigenvalue weighted by Gasteiger charge is -2.25. The van der Waals surface area contributed by atoms with Crippen LogP contribution in [0.4, 0.5) is 16.3 Å². The number of carbonyl (C=O) groups is 2. The van der Waals surface area contributed by atoms with E-state index in [2.05, 4.69) is 33.1 Å². The normalized spacial score (nSPS) is 14.8. The van der Waals surface area contributed by atoms with Crippen LogP contribution in [0, 0.1) is 17.9 Å². The zero-order valence-electron chi connectivity index (χ0n) is 25.6. The number of benzene rings is 1. The van der Waals surface area contributed by atoms with Crippen LogP contribution in [0.1, 0.15) is 69.7 Å². The molecule has 1 fully saturated rings. The van der Waals surface area contributed by atoms with Gasteiger partial charge in [0.2, 0.25) is 5.69 Å². The van der Waals surface area contributed by atoms with E-state index in [1.54, 1.807) is 27.7 Å². The molecule has 1 atom stereocenters. The molecule has 1 aromatic heterocycles. The minimum atomic E-state index is -0.625. The molecule has 0 saturated carbocycles. The molecule has 1 N–H and O–H groups in total. The zero-order chi connectivity index (χ0) is 30.9. The first-order chi connectivity index (χ1) is 19.9. The molecule has 3 rings (SSSR count). The number of nitrogens with zero attached hydrogens (tertiary/aromatic N) is 5. The average molecular weight is 591 g/mol. The smallest absolute Gasteiger partial charge is 0.408 e. The lowest BCUT2D eigenvalue weighted by atomic mass is 10.0. The number of likely N-dealkylation sites (N-methyl/N-ethyl adjacent to an activating group) is 1. The largest absolute Gasteiger partial charge is 0.444 e. The van der Waals surface area contributed by atoms with Crippen molar-refractivity contribution in [2.75, 3.05) is 38.1 Å². The Morgan fingerprint density at radius 3 is 2.50 bits per heavy atom. The fourth-order valence-electron chi connectivity index (χ4n) is 4.75. The second kappa shape index (κ2) is 15.0. The highest BCUT2D eigenvalue weighted by atomic mass is 32.2. The van der Waals surface area contributed by atoms with Crippen molar-refractivity contribution in [3.8, 4) is 6.07 Å². The maximum atomic E-state index is 12.5. The van der Waals surface area contributed by atoms with Gasteiger partial charge in [0.15, 0.2) is 5.78 Å². The third-order valence-electron chi connectivity index (χ3n) is 7.09. The summed E-state index contributed by atoms with van der Waals surface area (Å²) in [5, 5.41) is 13.3. The van der Waals surface area contributed by atoms with E-state index in [9.17, 15) is 14.9 Å². The Morgan fingerprint density at radius 1 is 1.19 bits per heavy atom. The fraction of sp³-hybridized carbons (Fsp3) is 0.531. The van der Waals surface area contributed by atoms with Crippen LogP contribution in [-0.4, -0.2) is 66.6 Å². The quantitative estimate of drug-likeness (QED) is 0.269. The van der Waals surface area contributed by atoms with Crippen molar-refractivity contribution in [1.29, 1.82) is 5.26 Å². The molecule has 0 unspecified atom stereocenters. The van der Waals surface area contributed by atoms with Crippen LogP contribution in [0.15, 0.2) is 29.3 Å². The highest BCUT2D eigenvalue weighted by molar-refractivity contribution is 7.98. The number of hydrogen-bond acceptors (Lipinski definition) is 8. The molecule has 9 nitrogen and oxygen atoms in total. The number of aromatic nitrogens is 1. The van der Waals surface area contributed by atoms with E-state index in [0.717, 1.165) is 49.3 Å². The molecule has 0 spiro atoms. The number of ketones is 1. The monoisotopic (exact) mass is 590 g/mol. The number of thioether (sulfide) groups is 1. The molecule has 0 radical (unpaired) electrons. The van der Waals surface area contributed by atoms with Gasteiger partial charge in [-0.2, -0.15) is 5.26 Å². The summed E-state index contributed by atoms with van der Waals surface area (Å²) in [4.78, 5) is 37.7. The number of ether oxygens (including phenoxy) is 1. The summed E-state index contributed by atoms with van der Waals surface area (Å²) in [5.41, 5.74) is 3.25. The van der Waals surface area contributed by atoms with Crippen molar-refractivity contribution in [1.82, 2.24) is 15.2 Å². The Kier molecular flexibility index (Phi) is 11.8. The van der Waals surface area contributed by atoms with E-state index in [1.807, 2.05) is 31.2 Å². The van der Waals surface area contributed by atoms with Crippen molar-refractivity contribution >= 4 is 35.1 Å². The highest BCUT2D eigenvalue weighted by Crippen LogP contribution is 2.39. The Bertz CT molecular complexity index is 1340. The number of Topliss-reactive ketones (excluding diaryl/α,β-unsaturated/α-hetero) is 1. The predicted octanol–water partition coefficient (Wildman–Crippen LogP) is 5.92. The Morgan fingerprint density at radius 2 is 1.88 bits per heavy atom. The molecule has 1 aliphatic heterocycles. The van der Waals surface area contributed by atoms with Crippen molar-refractivity contribution in [3.63, 3.8) is 0 Å². The predicted molar refractivity (Wildman–Crippen MR) is 167 cm³/mol. The van der Waals surface area contributed by atoms with Crippen LogP contribution in [0.25, 0.3) is 4.85 Å². The van der Waals surface area contributed by atoms with E-state index in [0.29, 0.717) is 47.1 Å². The molecule has 0 bridgehead atoms. The summed E-state index contributed by atoms with van der Waals surface area (Å²) in [6.45, 7) is 20.4. The first-order valence-electron chi connectivity index (χ1n) is 14.5. The number of carbonyl (C=O) groups excluding carboxylic acids is 2. The zero-order valence-corrected chi connectivity index (χ0v) is 26.4. The van der Waals surface area contributed by atoms with Crippen molar-refractivity contribution in [2.45, 2.75) is 82.7 Å². The summed E-state index contributed by atoms with van der Waals surface area (Å²) >= 11 is 1.52. The topological polar surface area (TPSA) is 103 Å². The van der Waals surface area contributed by atoms with Gasteiger partial charge in [0, 0.05) is 31.8 Å². The van der Waals surface area contributed by atoms with Crippen LogP contribution in [0.5, 0.6) is 0 Å². The SMILES string of the molecule is [C-]#[N+]c1c(N2CCCN(C)CC2)nc(SCc2ccc(CCC(=O)[C@H](C)NC(=O)OC(C)(C)C)cc2)c(C#N)c1CC. The van der Waals surface area contributed by atoms with Crippen molar-refractivity contribution in [3.05, 3.63) is 57.9 Å². The van der Waals surface area contributed by atoms with E-state index >= 15 is 0 Å². The molecule has 0 aliphatic carbocycles.